The van der Waals surface area contributed by atoms with Crippen LogP contribution in [0.15, 0.2) is 54.9 Å². The normalized spacial score (nSPS) is 22.1. The van der Waals surface area contributed by atoms with Gasteiger partial charge in [0.05, 0.1) is 6.16 Å². The molecule has 0 aliphatic carbocycles. The molecule has 1 aromatic carbocycles. The minimum Gasteiger partial charge on any atom is -0.333 e. The van der Waals surface area contributed by atoms with Gasteiger partial charge in [0, 0.05) is 25.0 Å². The van der Waals surface area contributed by atoms with Crippen molar-refractivity contribution in [2.75, 3.05) is 6.54 Å². The summed E-state index contributed by atoms with van der Waals surface area (Å²) in [6.45, 7) is 0.667. The molecule has 2 heterocycles. The Morgan fingerprint density at radius 2 is 2.00 bits per heavy atom. The van der Waals surface area contributed by atoms with Crippen LogP contribution in [0.3, 0.4) is 0 Å². The van der Waals surface area contributed by atoms with Crippen molar-refractivity contribution >= 4 is 7.52 Å². The fourth-order valence-electron chi connectivity index (χ4n) is 3.11. The molecule has 0 saturated carbocycles. The summed E-state index contributed by atoms with van der Waals surface area (Å²) in [6, 6.07) is 13.4. The minimum absolute atomic E-state index is 0.0120. The number of hydrogen-bond acceptors (Lipinski definition) is 2. The Bertz CT molecular complexity index is 648. The van der Waals surface area contributed by atoms with Gasteiger partial charge >= 0.3 is 0 Å². The largest absolute Gasteiger partial charge is 0.333 e. The second-order valence-corrected chi connectivity index (χ2v) is 7.93. The first-order chi connectivity index (χ1) is 10.7. The van der Waals surface area contributed by atoms with E-state index in [-0.39, 0.29) is 12.2 Å². The van der Waals surface area contributed by atoms with Crippen LogP contribution >= 0.6 is 7.52 Å². The van der Waals surface area contributed by atoms with Crippen LogP contribution in [0.5, 0.6) is 0 Å². The molecule has 2 unspecified atom stereocenters. The van der Waals surface area contributed by atoms with E-state index in [1.54, 1.807) is 10.9 Å². The lowest BCUT2D eigenvalue weighted by Crippen LogP contribution is -2.31. The molecule has 2 aromatic rings. The molecule has 1 fully saturated rings. The van der Waals surface area contributed by atoms with Crippen molar-refractivity contribution in [2.24, 2.45) is 0 Å². The molecule has 4 nitrogen and oxygen atoms in total. The van der Waals surface area contributed by atoms with Crippen LogP contribution < -0.4 is 0 Å². The number of rotatable bonds is 4. The molecule has 3 rings (SSSR count). The Balaban J connectivity index is 1.85. The van der Waals surface area contributed by atoms with Crippen LogP contribution in [0.4, 0.5) is 0 Å². The molecule has 2 atom stereocenters. The molecule has 1 N–H and O–H groups in total. The molecule has 1 aliphatic heterocycles. The predicted molar refractivity (Wildman–Crippen MR) is 87.5 cm³/mol. The lowest BCUT2D eigenvalue weighted by Gasteiger charge is -2.38. The van der Waals surface area contributed by atoms with Crippen molar-refractivity contribution in [3.05, 3.63) is 66.0 Å². The first-order valence-electron chi connectivity index (χ1n) is 7.69. The van der Waals surface area contributed by atoms with E-state index in [0.29, 0.717) is 6.54 Å². The van der Waals surface area contributed by atoms with Gasteiger partial charge < -0.3 is 4.89 Å². The van der Waals surface area contributed by atoms with Gasteiger partial charge in [0.25, 0.3) is 7.52 Å². The highest BCUT2D eigenvalue weighted by Crippen LogP contribution is 2.55. The molecule has 1 saturated heterocycles. The second-order valence-electron chi connectivity index (χ2n) is 5.77. The number of pyridine rings is 1. The molecule has 0 spiro atoms. The maximum atomic E-state index is 13.0. The van der Waals surface area contributed by atoms with Gasteiger partial charge in [-0.25, -0.2) is 4.67 Å². The SMILES string of the molecule is O=P(O)(Cc1ccccc1)N1CCCCC1c1cccnc1. The van der Waals surface area contributed by atoms with Crippen molar-refractivity contribution in [1.82, 2.24) is 9.65 Å². The molecule has 1 aliphatic rings. The minimum atomic E-state index is -3.41. The van der Waals surface area contributed by atoms with Gasteiger partial charge in [-0.15, -0.1) is 0 Å². The zero-order chi connectivity index (χ0) is 15.4. The fraction of sp³-hybridized carbons (Fsp3) is 0.353. The maximum Gasteiger partial charge on any atom is 0.274 e. The van der Waals surface area contributed by atoms with Crippen LogP contribution in [-0.2, 0) is 10.7 Å². The Morgan fingerprint density at radius 3 is 2.73 bits per heavy atom. The molecule has 0 bridgehead atoms. The number of piperidine rings is 1. The monoisotopic (exact) mass is 316 g/mol. The standard InChI is InChI=1S/C17H21N2O2P/c20-22(21,14-15-7-2-1-3-8-15)19-12-5-4-10-17(19)16-9-6-11-18-13-16/h1-3,6-9,11,13,17H,4-5,10,12,14H2,(H,20,21). The average molecular weight is 316 g/mol. The first-order valence-corrected chi connectivity index (χ1v) is 9.49. The van der Waals surface area contributed by atoms with Crippen molar-refractivity contribution in [1.29, 1.82) is 0 Å². The summed E-state index contributed by atoms with van der Waals surface area (Å²) in [7, 11) is -3.41. The first kappa shape index (κ1) is 15.4. The number of nitrogens with zero attached hydrogens (tertiary/aromatic N) is 2. The van der Waals surface area contributed by atoms with Gasteiger partial charge in [0.1, 0.15) is 0 Å². The van der Waals surface area contributed by atoms with E-state index in [1.807, 2.05) is 48.7 Å². The van der Waals surface area contributed by atoms with Gasteiger partial charge in [-0.05, 0) is 30.0 Å². The topological polar surface area (TPSA) is 53.4 Å². The highest BCUT2D eigenvalue weighted by Gasteiger charge is 2.36. The van der Waals surface area contributed by atoms with E-state index < -0.39 is 7.52 Å². The summed E-state index contributed by atoms with van der Waals surface area (Å²) in [5.74, 6) is 0. The third-order valence-corrected chi connectivity index (χ3v) is 6.24. The molecule has 0 amide bonds. The summed E-state index contributed by atoms with van der Waals surface area (Å²) in [5.41, 5.74) is 1.94. The predicted octanol–water partition coefficient (Wildman–Crippen LogP) is 3.99. The molecule has 0 radical (unpaired) electrons. The average Bonchev–Trinajstić information content (AvgIpc) is 2.56. The number of benzene rings is 1. The number of hydrogen-bond donors (Lipinski definition) is 1. The van der Waals surface area contributed by atoms with Gasteiger partial charge in [0.2, 0.25) is 0 Å². The highest BCUT2D eigenvalue weighted by molar-refractivity contribution is 7.54. The molecule has 5 heteroatoms. The lowest BCUT2D eigenvalue weighted by atomic mass is 9.99. The fourth-order valence-corrected chi connectivity index (χ4v) is 5.12. The molecule has 1 aromatic heterocycles. The Labute approximate surface area is 131 Å². The van der Waals surface area contributed by atoms with Crippen LogP contribution in [-0.4, -0.2) is 21.1 Å². The van der Waals surface area contributed by atoms with Crippen molar-refractivity contribution in [3.63, 3.8) is 0 Å². The Morgan fingerprint density at radius 1 is 1.18 bits per heavy atom. The van der Waals surface area contributed by atoms with Crippen LogP contribution in [0.25, 0.3) is 0 Å². The summed E-state index contributed by atoms with van der Waals surface area (Å²) in [4.78, 5) is 14.8. The summed E-state index contributed by atoms with van der Waals surface area (Å²) >= 11 is 0. The van der Waals surface area contributed by atoms with E-state index in [0.717, 1.165) is 30.4 Å². The Kier molecular flexibility index (Phi) is 4.72. The van der Waals surface area contributed by atoms with Crippen molar-refractivity contribution in [2.45, 2.75) is 31.5 Å². The van der Waals surface area contributed by atoms with Crippen molar-refractivity contribution < 1.29 is 9.46 Å². The smallest absolute Gasteiger partial charge is 0.274 e. The summed E-state index contributed by atoms with van der Waals surface area (Å²) < 4.78 is 14.8. The number of aromatic nitrogens is 1. The van der Waals surface area contributed by atoms with Gasteiger partial charge in [-0.1, -0.05) is 42.8 Å². The Hall–Kier alpha value is -1.48. The zero-order valence-corrected chi connectivity index (χ0v) is 13.4. The second kappa shape index (κ2) is 6.74. The van der Waals surface area contributed by atoms with E-state index in [4.69, 9.17) is 0 Å². The van der Waals surface area contributed by atoms with Gasteiger partial charge in [0.15, 0.2) is 0 Å². The maximum absolute atomic E-state index is 13.0. The summed E-state index contributed by atoms with van der Waals surface area (Å²) in [6.07, 6.45) is 6.71. The lowest BCUT2D eigenvalue weighted by molar-refractivity contribution is 0.226. The highest BCUT2D eigenvalue weighted by atomic mass is 31.2. The third-order valence-electron chi connectivity index (χ3n) is 4.18. The van der Waals surface area contributed by atoms with E-state index in [9.17, 15) is 9.46 Å². The molecular weight excluding hydrogens is 295 g/mol. The van der Waals surface area contributed by atoms with E-state index >= 15 is 0 Å². The van der Waals surface area contributed by atoms with Crippen LogP contribution in [0.1, 0.15) is 36.4 Å². The van der Waals surface area contributed by atoms with Crippen LogP contribution in [0.2, 0.25) is 0 Å². The van der Waals surface area contributed by atoms with Gasteiger partial charge in [-0.3, -0.25) is 9.55 Å². The van der Waals surface area contributed by atoms with Crippen molar-refractivity contribution in [3.8, 4) is 0 Å². The van der Waals surface area contributed by atoms with E-state index in [1.165, 1.54) is 0 Å². The van der Waals surface area contributed by atoms with Crippen LogP contribution in [0, 0.1) is 0 Å². The zero-order valence-electron chi connectivity index (χ0n) is 12.5. The quantitative estimate of drug-likeness (QED) is 0.866. The van der Waals surface area contributed by atoms with E-state index in [2.05, 4.69) is 4.98 Å². The molecule has 22 heavy (non-hydrogen) atoms. The van der Waals surface area contributed by atoms with Gasteiger partial charge in [-0.2, -0.15) is 0 Å². The molecule has 116 valence electrons. The summed E-state index contributed by atoms with van der Waals surface area (Å²) in [5, 5.41) is 0. The third kappa shape index (κ3) is 3.46. The molecular formula is C17H21N2O2P.